The molecular formula is C2H6Br2CuILi4. The Bertz CT molecular complexity index is 21.2. The molecule has 0 aromatic heterocycles. The van der Waals surface area contributed by atoms with Crippen LogP contribution in [0.2, 0.25) is 0 Å². The first kappa shape index (κ1) is 128. The molecule has 0 bridgehead atoms. The Hall–Kier alpha value is 4.60. The third-order valence-corrected chi connectivity index (χ3v) is 0. The SMILES string of the molecule is [Br-].[Br-].[CH3-].[CH3-].[Cu+].[I-].[Li+].[Li+].[Li+].[Li+]. The van der Waals surface area contributed by atoms with Gasteiger partial charge in [0.2, 0.25) is 0 Å². The Labute approximate surface area is 162 Å². The Morgan fingerprint density at radius 1 is 0.500 bits per heavy atom. The standard InChI is InChI=1S/2CH3.2BrH.Cu.HI.4Li/h2*1H3;2*1H;;1H;;;;/q2*-1;;;+1;;4*+1/p-3. The van der Waals surface area contributed by atoms with Crippen molar-refractivity contribution in [2.45, 2.75) is 0 Å². The Morgan fingerprint density at radius 2 is 0.500 bits per heavy atom. The molecule has 8 heteroatoms. The molecule has 10 heavy (non-hydrogen) atoms. The fourth-order valence-electron chi connectivity index (χ4n) is 0. The second-order valence-electron chi connectivity index (χ2n) is 0. The largest absolute Gasteiger partial charge is 1.00 e. The monoisotopic (exact) mass is 406 g/mol. The summed E-state index contributed by atoms with van der Waals surface area (Å²) in [5, 5.41) is 0. The number of rotatable bonds is 0. The smallest absolute Gasteiger partial charge is 1.00 e. The zero-order valence-electron chi connectivity index (χ0n) is 7.44. The van der Waals surface area contributed by atoms with Gasteiger partial charge in [-0.2, -0.15) is 0 Å². The van der Waals surface area contributed by atoms with Crippen LogP contribution in [-0.4, -0.2) is 0 Å². The zero-order chi connectivity index (χ0) is 0. The van der Waals surface area contributed by atoms with Crippen molar-refractivity contribution in [3.05, 3.63) is 14.9 Å². The maximum Gasteiger partial charge on any atom is 1.00 e. The summed E-state index contributed by atoms with van der Waals surface area (Å²) in [4.78, 5) is 0. The average Bonchev–Trinajstić information content (AvgIpc) is 0. The van der Waals surface area contributed by atoms with Crippen molar-refractivity contribution >= 4 is 0 Å². The van der Waals surface area contributed by atoms with Gasteiger partial charge in [0, 0.05) is 0 Å². The molecule has 0 amide bonds. The van der Waals surface area contributed by atoms with Crippen molar-refractivity contribution in [1.29, 1.82) is 0 Å². The van der Waals surface area contributed by atoms with Gasteiger partial charge in [0.25, 0.3) is 0 Å². The van der Waals surface area contributed by atoms with E-state index in [9.17, 15) is 0 Å². The van der Waals surface area contributed by atoms with Crippen LogP contribution >= 0.6 is 0 Å². The number of halogens is 3. The molecule has 0 unspecified atom stereocenters. The van der Waals surface area contributed by atoms with Crippen LogP contribution in [0.3, 0.4) is 0 Å². The van der Waals surface area contributed by atoms with E-state index in [1.54, 1.807) is 0 Å². The van der Waals surface area contributed by atoms with E-state index in [0.29, 0.717) is 0 Å². The quantitative estimate of drug-likeness (QED) is 0.212. The summed E-state index contributed by atoms with van der Waals surface area (Å²) < 4.78 is 0. The molecule has 0 nitrogen and oxygen atoms in total. The van der Waals surface area contributed by atoms with Gasteiger partial charge < -0.3 is 72.8 Å². The van der Waals surface area contributed by atoms with Crippen LogP contribution in [0.5, 0.6) is 0 Å². The minimum atomic E-state index is 0. The third kappa shape index (κ3) is 80.1. The second-order valence-corrected chi connectivity index (χ2v) is 0. The van der Waals surface area contributed by atoms with Crippen LogP contribution in [0.4, 0.5) is 0 Å². The van der Waals surface area contributed by atoms with Crippen molar-refractivity contribution in [2.24, 2.45) is 0 Å². The Balaban J connectivity index is 0. The third-order valence-electron chi connectivity index (χ3n) is 0. The van der Waals surface area contributed by atoms with Crippen molar-refractivity contribution < 1.29 is 150 Å². The molecule has 0 aromatic rings. The van der Waals surface area contributed by atoms with E-state index in [1.165, 1.54) is 0 Å². The molecule has 0 aliphatic carbocycles. The molecule has 0 N–H and O–H groups in total. The van der Waals surface area contributed by atoms with Crippen LogP contribution in [0, 0.1) is 14.9 Å². The second kappa shape index (κ2) is 102. The van der Waals surface area contributed by atoms with Gasteiger partial charge in [-0.25, -0.2) is 0 Å². The summed E-state index contributed by atoms with van der Waals surface area (Å²) in [6, 6.07) is 0. The van der Waals surface area contributed by atoms with Crippen LogP contribution in [0.25, 0.3) is 0 Å². The molecule has 0 aliphatic rings. The van der Waals surface area contributed by atoms with Gasteiger partial charge >= 0.3 is 92.5 Å². The first-order chi connectivity index (χ1) is 0. The maximum absolute atomic E-state index is 0. The summed E-state index contributed by atoms with van der Waals surface area (Å²) in [6.07, 6.45) is 0. The minimum Gasteiger partial charge on any atom is -1.00 e. The van der Waals surface area contributed by atoms with E-state index in [2.05, 4.69) is 0 Å². The first-order valence-corrected chi connectivity index (χ1v) is 0. The summed E-state index contributed by atoms with van der Waals surface area (Å²) in [5.74, 6) is 0. The van der Waals surface area contributed by atoms with Gasteiger partial charge in [0.1, 0.15) is 0 Å². The van der Waals surface area contributed by atoms with Crippen LogP contribution in [0.15, 0.2) is 0 Å². The molecule has 0 radical (unpaired) electrons. The van der Waals surface area contributed by atoms with E-state index in [0.717, 1.165) is 0 Å². The van der Waals surface area contributed by atoms with E-state index in [1.807, 2.05) is 0 Å². The summed E-state index contributed by atoms with van der Waals surface area (Å²) >= 11 is 0. The van der Waals surface area contributed by atoms with E-state index in [-0.39, 0.29) is 165 Å². The fraction of sp³-hybridized carbons (Fsp3) is 0. The van der Waals surface area contributed by atoms with Gasteiger partial charge in [-0.3, -0.25) is 0 Å². The van der Waals surface area contributed by atoms with Gasteiger partial charge in [-0.15, -0.1) is 0 Å². The molecule has 0 aliphatic heterocycles. The van der Waals surface area contributed by atoms with E-state index in [4.69, 9.17) is 0 Å². The van der Waals surface area contributed by atoms with Crippen LogP contribution < -0.4 is 133 Å². The van der Waals surface area contributed by atoms with Gasteiger partial charge in [-0.05, 0) is 0 Å². The number of hydrogen-bond acceptors (Lipinski definition) is 0. The zero-order valence-corrected chi connectivity index (χ0v) is 13.7. The van der Waals surface area contributed by atoms with E-state index >= 15 is 0 Å². The summed E-state index contributed by atoms with van der Waals surface area (Å²) in [5.41, 5.74) is 0. The molecule has 0 atom stereocenters. The van der Waals surface area contributed by atoms with Crippen LogP contribution in [-0.2, 0) is 17.1 Å². The summed E-state index contributed by atoms with van der Waals surface area (Å²) in [6.45, 7) is 0. The van der Waals surface area contributed by atoms with Crippen molar-refractivity contribution in [3.8, 4) is 0 Å². The molecule has 0 fully saturated rings. The van der Waals surface area contributed by atoms with E-state index < -0.39 is 0 Å². The van der Waals surface area contributed by atoms with Gasteiger partial charge in [-0.1, -0.05) is 0 Å². The molecular weight excluding hydrogens is 402 g/mol. The van der Waals surface area contributed by atoms with Crippen molar-refractivity contribution in [1.82, 2.24) is 0 Å². The molecule has 0 saturated carbocycles. The van der Waals surface area contributed by atoms with Crippen molar-refractivity contribution in [2.75, 3.05) is 0 Å². The molecule has 50 valence electrons. The number of hydrogen-bond donors (Lipinski definition) is 0. The first-order valence-electron chi connectivity index (χ1n) is 0. The molecule has 0 heterocycles. The molecule has 0 aromatic carbocycles. The molecule has 0 spiro atoms. The Kier molecular flexibility index (Phi) is 1300. The normalized spacial score (nSPS) is 0. The van der Waals surface area contributed by atoms with Crippen molar-refractivity contribution in [3.63, 3.8) is 0 Å². The van der Waals surface area contributed by atoms with Gasteiger partial charge in [0.15, 0.2) is 0 Å². The maximum atomic E-state index is 0. The minimum absolute atomic E-state index is 0. The predicted molar refractivity (Wildman–Crippen MR) is 12.8 cm³/mol. The topological polar surface area (TPSA) is 0 Å². The summed E-state index contributed by atoms with van der Waals surface area (Å²) in [7, 11) is 0. The van der Waals surface area contributed by atoms with Gasteiger partial charge in [0.05, 0.1) is 0 Å². The Morgan fingerprint density at radius 3 is 0.500 bits per heavy atom. The molecule has 0 saturated heterocycles. The van der Waals surface area contributed by atoms with Crippen LogP contribution in [0.1, 0.15) is 0 Å². The molecule has 0 rings (SSSR count). The average molecular weight is 408 g/mol. The fourth-order valence-corrected chi connectivity index (χ4v) is 0. The predicted octanol–water partition coefficient (Wildman–Crippen LogP) is -20.1.